The second-order valence-corrected chi connectivity index (χ2v) is 4.70. The fourth-order valence-electron chi connectivity index (χ4n) is 2.87. The molecule has 1 amide bonds. The van der Waals surface area contributed by atoms with E-state index in [1.807, 2.05) is 6.08 Å². The SMILES string of the molecule is CCOC(=O)N[C@@H]1C=CC[C@@H]2CCCC(=O)[C@@H]21. The van der Waals surface area contributed by atoms with E-state index in [1.54, 1.807) is 6.92 Å². The first-order chi connectivity index (χ1) is 8.22. The standard InChI is InChI=1S/C13H19NO3/c1-2-17-13(16)14-10-7-3-5-9-6-4-8-11(15)12(9)10/h3,7,9-10,12H,2,4-6,8H2,1H3,(H,14,16)/t9-,10-,12+/m1/s1. The second-order valence-electron chi connectivity index (χ2n) is 4.70. The highest BCUT2D eigenvalue weighted by atomic mass is 16.5. The molecule has 0 aromatic heterocycles. The molecule has 0 radical (unpaired) electrons. The number of alkyl carbamates (subject to hydrolysis) is 1. The van der Waals surface area contributed by atoms with Crippen LogP contribution in [0.4, 0.5) is 4.79 Å². The van der Waals surface area contributed by atoms with Crippen LogP contribution in [-0.4, -0.2) is 24.5 Å². The molecule has 1 fully saturated rings. The third-order valence-corrected chi connectivity index (χ3v) is 3.61. The molecule has 0 aliphatic heterocycles. The van der Waals surface area contributed by atoms with Crippen LogP contribution in [-0.2, 0) is 9.53 Å². The van der Waals surface area contributed by atoms with Crippen molar-refractivity contribution < 1.29 is 14.3 Å². The number of Topliss-reactive ketones (excluding diaryl/α,β-unsaturated/α-hetero) is 1. The molecular weight excluding hydrogens is 218 g/mol. The lowest BCUT2D eigenvalue weighted by atomic mass is 9.70. The van der Waals surface area contributed by atoms with Crippen molar-refractivity contribution in [3.8, 4) is 0 Å². The van der Waals surface area contributed by atoms with Gasteiger partial charge in [-0.3, -0.25) is 4.79 Å². The van der Waals surface area contributed by atoms with Crippen LogP contribution in [0.3, 0.4) is 0 Å². The Morgan fingerprint density at radius 1 is 1.59 bits per heavy atom. The summed E-state index contributed by atoms with van der Waals surface area (Å²) in [4.78, 5) is 23.4. The summed E-state index contributed by atoms with van der Waals surface area (Å²) >= 11 is 0. The number of carbonyl (C=O) groups excluding carboxylic acids is 2. The van der Waals surface area contributed by atoms with Gasteiger partial charge in [0.25, 0.3) is 0 Å². The number of nitrogens with one attached hydrogen (secondary N) is 1. The molecule has 0 aromatic carbocycles. The molecule has 1 saturated carbocycles. The van der Waals surface area contributed by atoms with E-state index < -0.39 is 6.09 Å². The molecular formula is C13H19NO3. The van der Waals surface area contributed by atoms with Crippen LogP contribution in [0.25, 0.3) is 0 Å². The van der Waals surface area contributed by atoms with Crippen molar-refractivity contribution in [3.63, 3.8) is 0 Å². The summed E-state index contributed by atoms with van der Waals surface area (Å²) in [7, 11) is 0. The van der Waals surface area contributed by atoms with E-state index in [9.17, 15) is 9.59 Å². The average molecular weight is 237 g/mol. The van der Waals surface area contributed by atoms with Gasteiger partial charge in [-0.2, -0.15) is 0 Å². The lowest BCUT2D eigenvalue weighted by Gasteiger charge is -2.37. The minimum atomic E-state index is -0.429. The van der Waals surface area contributed by atoms with Gasteiger partial charge in [-0.1, -0.05) is 12.2 Å². The normalized spacial score (nSPS) is 31.8. The van der Waals surface area contributed by atoms with Crippen LogP contribution >= 0.6 is 0 Å². The monoisotopic (exact) mass is 237 g/mol. The Hall–Kier alpha value is -1.32. The van der Waals surface area contributed by atoms with Crippen LogP contribution < -0.4 is 5.32 Å². The predicted molar refractivity (Wildman–Crippen MR) is 63.5 cm³/mol. The van der Waals surface area contributed by atoms with Gasteiger partial charge >= 0.3 is 6.09 Å². The number of carbonyl (C=O) groups is 2. The molecule has 2 aliphatic rings. The number of hydrogen-bond acceptors (Lipinski definition) is 3. The molecule has 2 aliphatic carbocycles. The number of amides is 1. The molecule has 4 nitrogen and oxygen atoms in total. The molecule has 4 heteroatoms. The Kier molecular flexibility index (Phi) is 3.82. The van der Waals surface area contributed by atoms with Gasteiger partial charge in [0.05, 0.1) is 12.6 Å². The Balaban J connectivity index is 2.04. The highest BCUT2D eigenvalue weighted by molar-refractivity contribution is 5.84. The predicted octanol–water partition coefficient (Wildman–Crippen LogP) is 2.05. The van der Waals surface area contributed by atoms with Gasteiger partial charge in [0.15, 0.2) is 0 Å². The number of rotatable bonds is 2. The molecule has 0 spiro atoms. The van der Waals surface area contributed by atoms with Crippen LogP contribution in [0, 0.1) is 11.8 Å². The number of hydrogen-bond donors (Lipinski definition) is 1. The number of fused-ring (bicyclic) bond motifs is 1. The van der Waals surface area contributed by atoms with Crippen LogP contribution in [0.5, 0.6) is 0 Å². The largest absolute Gasteiger partial charge is 0.450 e. The zero-order valence-electron chi connectivity index (χ0n) is 10.1. The van der Waals surface area contributed by atoms with Crippen molar-refractivity contribution in [1.82, 2.24) is 5.32 Å². The minimum absolute atomic E-state index is 0.0434. The summed E-state index contributed by atoms with van der Waals surface area (Å²) in [5.74, 6) is 0.638. The van der Waals surface area contributed by atoms with Crippen molar-refractivity contribution in [2.75, 3.05) is 6.61 Å². The average Bonchev–Trinajstić information content (AvgIpc) is 2.29. The van der Waals surface area contributed by atoms with Gasteiger partial charge in [0, 0.05) is 12.3 Å². The van der Waals surface area contributed by atoms with E-state index in [4.69, 9.17) is 4.74 Å². The Bertz CT molecular complexity index is 338. The quantitative estimate of drug-likeness (QED) is 0.748. The second kappa shape index (κ2) is 5.34. The van der Waals surface area contributed by atoms with Gasteiger partial charge in [0.2, 0.25) is 0 Å². The third-order valence-electron chi connectivity index (χ3n) is 3.61. The van der Waals surface area contributed by atoms with E-state index in [0.29, 0.717) is 18.9 Å². The zero-order valence-corrected chi connectivity index (χ0v) is 10.1. The van der Waals surface area contributed by atoms with Crippen LogP contribution in [0.1, 0.15) is 32.6 Å². The lowest BCUT2D eigenvalue weighted by molar-refractivity contribution is -0.127. The number of allylic oxidation sites excluding steroid dienone is 1. The summed E-state index contributed by atoms with van der Waals surface area (Å²) in [6.07, 6.45) is 7.24. The van der Waals surface area contributed by atoms with Gasteiger partial charge in [0.1, 0.15) is 5.78 Å². The van der Waals surface area contributed by atoms with E-state index >= 15 is 0 Å². The van der Waals surface area contributed by atoms with E-state index in [2.05, 4.69) is 11.4 Å². The number of ether oxygens (including phenoxy) is 1. The third kappa shape index (κ3) is 2.68. The van der Waals surface area contributed by atoms with Crippen molar-refractivity contribution in [2.45, 2.75) is 38.6 Å². The molecule has 0 unspecified atom stereocenters. The van der Waals surface area contributed by atoms with Crippen molar-refractivity contribution in [2.24, 2.45) is 11.8 Å². The van der Waals surface area contributed by atoms with Crippen LogP contribution in [0.2, 0.25) is 0 Å². The fraction of sp³-hybridized carbons (Fsp3) is 0.692. The first-order valence-electron chi connectivity index (χ1n) is 6.35. The highest BCUT2D eigenvalue weighted by Gasteiger charge is 2.38. The molecule has 1 N–H and O–H groups in total. The molecule has 0 saturated heterocycles. The molecule has 0 aromatic rings. The van der Waals surface area contributed by atoms with Gasteiger partial charge < -0.3 is 10.1 Å². The van der Waals surface area contributed by atoms with E-state index in [1.165, 1.54) is 0 Å². The molecule has 0 heterocycles. The van der Waals surface area contributed by atoms with Gasteiger partial charge in [-0.25, -0.2) is 4.79 Å². The van der Waals surface area contributed by atoms with Crippen LogP contribution in [0.15, 0.2) is 12.2 Å². The summed E-state index contributed by atoms with van der Waals surface area (Å²) < 4.78 is 4.86. The number of ketones is 1. The Morgan fingerprint density at radius 3 is 3.18 bits per heavy atom. The zero-order chi connectivity index (χ0) is 12.3. The fourth-order valence-corrected chi connectivity index (χ4v) is 2.87. The first kappa shape index (κ1) is 12.1. The summed E-state index contributed by atoms with van der Waals surface area (Å²) in [6, 6.07) is -0.180. The smallest absolute Gasteiger partial charge is 0.407 e. The van der Waals surface area contributed by atoms with E-state index in [-0.39, 0.29) is 17.7 Å². The minimum Gasteiger partial charge on any atom is -0.450 e. The maximum Gasteiger partial charge on any atom is 0.407 e. The van der Waals surface area contributed by atoms with Crippen molar-refractivity contribution >= 4 is 11.9 Å². The van der Waals surface area contributed by atoms with Gasteiger partial charge in [-0.05, 0) is 32.1 Å². The Labute approximate surface area is 101 Å². The van der Waals surface area contributed by atoms with Gasteiger partial charge in [-0.15, -0.1) is 0 Å². The van der Waals surface area contributed by atoms with Crippen molar-refractivity contribution in [1.29, 1.82) is 0 Å². The topological polar surface area (TPSA) is 55.4 Å². The van der Waals surface area contributed by atoms with Crippen molar-refractivity contribution in [3.05, 3.63) is 12.2 Å². The lowest BCUT2D eigenvalue weighted by Crippen LogP contribution is -2.48. The summed E-state index contributed by atoms with van der Waals surface area (Å²) in [5.41, 5.74) is 0. The molecule has 0 bridgehead atoms. The molecule has 94 valence electrons. The maximum absolute atomic E-state index is 12.0. The summed E-state index contributed by atoms with van der Waals surface area (Å²) in [6.45, 7) is 2.12. The Morgan fingerprint density at radius 2 is 2.41 bits per heavy atom. The first-order valence-corrected chi connectivity index (χ1v) is 6.35. The molecule has 2 rings (SSSR count). The molecule has 3 atom stereocenters. The summed E-state index contributed by atoms with van der Waals surface area (Å²) in [5, 5.41) is 2.78. The highest BCUT2D eigenvalue weighted by Crippen LogP contribution is 2.35. The maximum atomic E-state index is 12.0. The van der Waals surface area contributed by atoms with E-state index in [0.717, 1.165) is 19.3 Å². The molecule has 17 heavy (non-hydrogen) atoms.